The second kappa shape index (κ2) is 7.79. The summed E-state index contributed by atoms with van der Waals surface area (Å²) in [5.41, 5.74) is 1.27. The number of rotatable bonds is 4. The van der Waals surface area contributed by atoms with E-state index in [0.717, 1.165) is 22.6 Å². The van der Waals surface area contributed by atoms with Crippen molar-refractivity contribution < 1.29 is 0 Å². The van der Waals surface area contributed by atoms with Crippen molar-refractivity contribution in [3.63, 3.8) is 0 Å². The molecule has 2 nitrogen and oxygen atoms in total. The van der Waals surface area contributed by atoms with Gasteiger partial charge in [-0.25, -0.2) is 0 Å². The summed E-state index contributed by atoms with van der Waals surface area (Å²) in [5.74, 6) is 0.620. The fourth-order valence-corrected chi connectivity index (χ4v) is 3.95. The first-order valence-electron chi connectivity index (χ1n) is 7.51. The van der Waals surface area contributed by atoms with Crippen LogP contribution in [0.25, 0.3) is 0 Å². The molecule has 1 saturated heterocycles. The standard InChI is InChI=1S/C16H24BrClN2/c1-3-20-9-5-4-6-12(11-19-2)16(20)14-10-13(17)7-8-15(14)18/h7-8,10,12,16,19H,3-6,9,11H2,1-2H3. The van der Waals surface area contributed by atoms with E-state index in [2.05, 4.69) is 39.1 Å². The Bertz CT molecular complexity index is 438. The minimum atomic E-state index is 0.417. The normalized spacial score (nSPS) is 24.6. The number of hydrogen-bond donors (Lipinski definition) is 1. The van der Waals surface area contributed by atoms with Crippen molar-refractivity contribution in [2.24, 2.45) is 5.92 Å². The predicted octanol–water partition coefficient (Wildman–Crippen LogP) is 4.49. The van der Waals surface area contributed by atoms with E-state index in [4.69, 9.17) is 11.6 Å². The molecule has 1 N–H and O–H groups in total. The van der Waals surface area contributed by atoms with E-state index >= 15 is 0 Å². The molecule has 0 saturated carbocycles. The van der Waals surface area contributed by atoms with Gasteiger partial charge >= 0.3 is 0 Å². The number of likely N-dealkylation sites (tertiary alicyclic amines) is 1. The first-order valence-corrected chi connectivity index (χ1v) is 8.68. The zero-order chi connectivity index (χ0) is 14.5. The Labute approximate surface area is 136 Å². The van der Waals surface area contributed by atoms with Gasteiger partial charge in [-0.1, -0.05) is 40.9 Å². The van der Waals surface area contributed by atoms with Crippen LogP contribution in [0.15, 0.2) is 22.7 Å². The van der Waals surface area contributed by atoms with Gasteiger partial charge in [0.2, 0.25) is 0 Å². The van der Waals surface area contributed by atoms with Gasteiger partial charge in [0.15, 0.2) is 0 Å². The first-order chi connectivity index (χ1) is 9.67. The lowest BCUT2D eigenvalue weighted by molar-refractivity contribution is 0.162. The number of benzene rings is 1. The van der Waals surface area contributed by atoms with Crippen molar-refractivity contribution in [2.45, 2.75) is 32.2 Å². The van der Waals surface area contributed by atoms with Crippen LogP contribution in [0.2, 0.25) is 5.02 Å². The molecule has 1 aromatic carbocycles. The zero-order valence-corrected chi connectivity index (χ0v) is 14.7. The highest BCUT2D eigenvalue weighted by molar-refractivity contribution is 9.10. The summed E-state index contributed by atoms with van der Waals surface area (Å²) < 4.78 is 1.11. The smallest absolute Gasteiger partial charge is 0.0454 e. The summed E-state index contributed by atoms with van der Waals surface area (Å²) in [6.45, 7) is 5.54. The van der Waals surface area contributed by atoms with Gasteiger partial charge < -0.3 is 5.32 Å². The first kappa shape index (κ1) is 16.3. The molecule has 4 heteroatoms. The van der Waals surface area contributed by atoms with Crippen molar-refractivity contribution in [1.29, 1.82) is 0 Å². The van der Waals surface area contributed by atoms with Gasteiger partial charge in [0.1, 0.15) is 0 Å². The Morgan fingerprint density at radius 2 is 2.20 bits per heavy atom. The van der Waals surface area contributed by atoms with E-state index < -0.39 is 0 Å². The van der Waals surface area contributed by atoms with Gasteiger partial charge in [-0.15, -0.1) is 0 Å². The fraction of sp³-hybridized carbons (Fsp3) is 0.625. The largest absolute Gasteiger partial charge is 0.319 e. The molecule has 112 valence electrons. The Morgan fingerprint density at radius 3 is 2.90 bits per heavy atom. The lowest BCUT2D eigenvalue weighted by Crippen LogP contribution is -2.36. The molecule has 1 aliphatic heterocycles. The second-order valence-corrected chi connectivity index (χ2v) is 6.88. The summed E-state index contributed by atoms with van der Waals surface area (Å²) in [6, 6.07) is 6.64. The van der Waals surface area contributed by atoms with Crippen LogP contribution in [0, 0.1) is 5.92 Å². The molecule has 0 amide bonds. The van der Waals surface area contributed by atoms with Crippen LogP contribution in [-0.4, -0.2) is 31.6 Å². The summed E-state index contributed by atoms with van der Waals surface area (Å²) in [5, 5.41) is 4.25. The molecule has 0 aliphatic carbocycles. The van der Waals surface area contributed by atoms with Crippen molar-refractivity contribution >= 4 is 27.5 Å². The summed E-state index contributed by atoms with van der Waals surface area (Å²) in [6.07, 6.45) is 3.87. The molecule has 1 aromatic rings. The predicted molar refractivity (Wildman–Crippen MR) is 90.4 cm³/mol. The highest BCUT2D eigenvalue weighted by atomic mass is 79.9. The van der Waals surface area contributed by atoms with Crippen LogP contribution in [-0.2, 0) is 0 Å². The van der Waals surface area contributed by atoms with Gasteiger partial charge in [0, 0.05) is 15.5 Å². The van der Waals surface area contributed by atoms with Crippen molar-refractivity contribution in [3.8, 4) is 0 Å². The van der Waals surface area contributed by atoms with Crippen molar-refractivity contribution in [1.82, 2.24) is 10.2 Å². The quantitative estimate of drug-likeness (QED) is 0.852. The third-order valence-electron chi connectivity index (χ3n) is 4.26. The highest BCUT2D eigenvalue weighted by Crippen LogP contribution is 2.39. The molecule has 0 aromatic heterocycles. The van der Waals surface area contributed by atoms with E-state index in [1.54, 1.807) is 0 Å². The average molecular weight is 360 g/mol. The molecule has 2 rings (SSSR count). The van der Waals surface area contributed by atoms with Crippen LogP contribution in [0.5, 0.6) is 0 Å². The maximum Gasteiger partial charge on any atom is 0.0454 e. The van der Waals surface area contributed by atoms with E-state index in [-0.39, 0.29) is 0 Å². The Balaban J connectivity index is 2.40. The topological polar surface area (TPSA) is 15.3 Å². The van der Waals surface area contributed by atoms with Gasteiger partial charge in [0.25, 0.3) is 0 Å². The molecule has 1 aliphatic rings. The van der Waals surface area contributed by atoms with Crippen LogP contribution in [0.4, 0.5) is 0 Å². The molecular formula is C16H24BrClN2. The molecule has 2 unspecified atom stereocenters. The van der Waals surface area contributed by atoms with Crippen LogP contribution < -0.4 is 5.32 Å². The fourth-order valence-electron chi connectivity index (χ4n) is 3.34. The Morgan fingerprint density at radius 1 is 1.40 bits per heavy atom. The highest BCUT2D eigenvalue weighted by Gasteiger charge is 2.31. The molecule has 0 radical (unpaired) electrons. The molecule has 1 fully saturated rings. The molecule has 0 bridgehead atoms. The molecule has 20 heavy (non-hydrogen) atoms. The monoisotopic (exact) mass is 358 g/mol. The molecule has 1 heterocycles. The average Bonchev–Trinajstić information content (AvgIpc) is 2.64. The van der Waals surface area contributed by atoms with Crippen molar-refractivity contribution in [2.75, 3.05) is 26.7 Å². The van der Waals surface area contributed by atoms with Crippen LogP contribution in [0.1, 0.15) is 37.8 Å². The second-order valence-electron chi connectivity index (χ2n) is 5.55. The lowest BCUT2D eigenvalue weighted by Gasteiger charge is -2.35. The maximum atomic E-state index is 6.50. The van der Waals surface area contributed by atoms with Gasteiger partial charge in [0.05, 0.1) is 0 Å². The number of hydrogen-bond acceptors (Lipinski definition) is 2. The minimum absolute atomic E-state index is 0.417. The van der Waals surface area contributed by atoms with Gasteiger partial charge in [-0.05, 0) is 69.2 Å². The lowest BCUT2D eigenvalue weighted by atomic mass is 9.89. The summed E-state index contributed by atoms with van der Waals surface area (Å²) in [7, 11) is 2.04. The van der Waals surface area contributed by atoms with E-state index in [9.17, 15) is 0 Å². The Hall–Kier alpha value is -0.0900. The number of halogens is 2. The van der Waals surface area contributed by atoms with E-state index in [0.29, 0.717) is 12.0 Å². The zero-order valence-electron chi connectivity index (χ0n) is 12.3. The van der Waals surface area contributed by atoms with Crippen molar-refractivity contribution in [3.05, 3.63) is 33.3 Å². The van der Waals surface area contributed by atoms with E-state index in [1.807, 2.05) is 19.2 Å². The van der Waals surface area contributed by atoms with Crippen LogP contribution >= 0.6 is 27.5 Å². The third-order valence-corrected chi connectivity index (χ3v) is 5.10. The SMILES string of the molecule is CCN1CCCCC(CNC)C1c1cc(Br)ccc1Cl. The molecule has 0 spiro atoms. The maximum absolute atomic E-state index is 6.50. The molecule has 2 atom stereocenters. The van der Waals surface area contributed by atoms with Gasteiger partial charge in [-0.3, -0.25) is 4.90 Å². The third kappa shape index (κ3) is 3.76. The van der Waals surface area contributed by atoms with Crippen LogP contribution in [0.3, 0.4) is 0 Å². The summed E-state index contributed by atoms with van der Waals surface area (Å²) >= 11 is 10.1. The summed E-state index contributed by atoms with van der Waals surface area (Å²) in [4.78, 5) is 2.59. The number of nitrogens with one attached hydrogen (secondary N) is 1. The van der Waals surface area contributed by atoms with Gasteiger partial charge in [-0.2, -0.15) is 0 Å². The molecular weight excluding hydrogens is 336 g/mol. The Kier molecular flexibility index (Phi) is 6.34. The minimum Gasteiger partial charge on any atom is -0.319 e. The van der Waals surface area contributed by atoms with E-state index in [1.165, 1.54) is 31.4 Å². The number of nitrogens with zero attached hydrogens (tertiary/aromatic N) is 1.